The van der Waals surface area contributed by atoms with Crippen molar-refractivity contribution in [2.45, 2.75) is 37.7 Å². The molecule has 0 saturated carbocycles. The first kappa shape index (κ1) is 17.6. The highest BCUT2D eigenvalue weighted by molar-refractivity contribution is 7.89. The molecule has 0 amide bonds. The molecule has 0 atom stereocenters. The zero-order valence-electron chi connectivity index (χ0n) is 12.6. The maximum Gasteiger partial charge on any atom is 0.335 e. The first-order chi connectivity index (χ1) is 9.49. The largest absolute Gasteiger partial charge is 0.478 e. The summed E-state index contributed by atoms with van der Waals surface area (Å²) in [5, 5.41) is 18.8. The molecule has 21 heavy (non-hydrogen) atoms. The molecule has 2 N–H and O–H groups in total. The summed E-state index contributed by atoms with van der Waals surface area (Å²) in [6.45, 7) is 4.72. The van der Waals surface area contributed by atoms with Gasteiger partial charge in [0.2, 0.25) is 10.0 Å². The number of rotatable bonds is 6. The van der Waals surface area contributed by atoms with Gasteiger partial charge < -0.3 is 10.2 Å². The fourth-order valence-electron chi connectivity index (χ4n) is 2.02. The number of benzene rings is 1. The van der Waals surface area contributed by atoms with Crippen LogP contribution in [0.15, 0.2) is 23.1 Å². The van der Waals surface area contributed by atoms with Gasteiger partial charge in [0, 0.05) is 13.6 Å². The molecule has 0 unspecified atom stereocenters. The van der Waals surface area contributed by atoms with Gasteiger partial charge in [0.15, 0.2) is 0 Å². The first-order valence-electron chi connectivity index (χ1n) is 6.54. The fourth-order valence-corrected chi connectivity index (χ4v) is 3.66. The molecule has 0 aromatic heterocycles. The number of carboxylic acids is 1. The lowest BCUT2D eigenvalue weighted by Gasteiger charge is -2.26. The number of aromatic carboxylic acids is 1. The molecule has 0 heterocycles. The van der Waals surface area contributed by atoms with Gasteiger partial charge in [0.25, 0.3) is 0 Å². The van der Waals surface area contributed by atoms with E-state index < -0.39 is 21.6 Å². The zero-order valence-corrected chi connectivity index (χ0v) is 13.4. The van der Waals surface area contributed by atoms with Gasteiger partial charge in [-0.3, -0.25) is 0 Å². The minimum atomic E-state index is -3.86. The van der Waals surface area contributed by atoms with Crippen molar-refractivity contribution in [2.24, 2.45) is 0 Å². The molecular formula is C14H21NO5S. The van der Waals surface area contributed by atoms with Crippen molar-refractivity contribution in [3.8, 4) is 0 Å². The van der Waals surface area contributed by atoms with Crippen LogP contribution in [-0.4, -0.2) is 48.1 Å². The van der Waals surface area contributed by atoms with Gasteiger partial charge in [-0.25, -0.2) is 13.2 Å². The molecule has 0 radical (unpaired) electrons. The summed E-state index contributed by atoms with van der Waals surface area (Å²) < 4.78 is 26.2. The average Bonchev–Trinajstić information content (AvgIpc) is 2.35. The van der Waals surface area contributed by atoms with Crippen LogP contribution in [0.1, 0.15) is 36.7 Å². The van der Waals surface area contributed by atoms with Crippen LogP contribution >= 0.6 is 0 Å². The van der Waals surface area contributed by atoms with E-state index in [-0.39, 0.29) is 17.0 Å². The van der Waals surface area contributed by atoms with E-state index in [0.717, 1.165) is 10.4 Å². The molecule has 1 rings (SSSR count). The molecule has 0 fully saturated rings. The predicted octanol–water partition coefficient (Wildman–Crippen LogP) is 1.34. The summed E-state index contributed by atoms with van der Waals surface area (Å²) in [5.41, 5.74) is -0.719. The van der Waals surface area contributed by atoms with Gasteiger partial charge >= 0.3 is 5.97 Å². The Morgan fingerprint density at radius 3 is 2.33 bits per heavy atom. The van der Waals surface area contributed by atoms with Gasteiger partial charge in [0.05, 0.1) is 16.1 Å². The summed E-state index contributed by atoms with van der Waals surface area (Å²) >= 11 is 0. The maximum absolute atomic E-state index is 12.6. The predicted molar refractivity (Wildman–Crippen MR) is 78.9 cm³/mol. The van der Waals surface area contributed by atoms with E-state index in [1.54, 1.807) is 6.92 Å². The maximum atomic E-state index is 12.6. The van der Waals surface area contributed by atoms with E-state index in [9.17, 15) is 18.3 Å². The Kier molecular flexibility index (Phi) is 5.14. The number of hydrogen-bond acceptors (Lipinski definition) is 4. The van der Waals surface area contributed by atoms with Crippen molar-refractivity contribution < 1.29 is 23.4 Å². The summed E-state index contributed by atoms with van der Waals surface area (Å²) in [6.07, 6.45) is 0.463. The van der Waals surface area contributed by atoms with Crippen LogP contribution in [0.2, 0.25) is 0 Å². The first-order valence-corrected chi connectivity index (χ1v) is 7.98. The number of carboxylic acid groups (broad SMARTS) is 1. The second-order valence-corrected chi connectivity index (χ2v) is 7.57. The topological polar surface area (TPSA) is 94.9 Å². The Hall–Kier alpha value is -1.44. The molecular weight excluding hydrogens is 294 g/mol. The minimum Gasteiger partial charge on any atom is -0.478 e. The van der Waals surface area contributed by atoms with Gasteiger partial charge in [-0.2, -0.15) is 4.31 Å². The van der Waals surface area contributed by atoms with Crippen LogP contribution in [0, 0.1) is 0 Å². The van der Waals surface area contributed by atoms with Crippen molar-refractivity contribution in [2.75, 3.05) is 13.6 Å². The molecule has 7 heteroatoms. The number of hydrogen-bond donors (Lipinski definition) is 2. The normalized spacial score (nSPS) is 12.7. The molecule has 0 aliphatic carbocycles. The highest BCUT2D eigenvalue weighted by Crippen LogP contribution is 2.23. The Labute approximate surface area is 125 Å². The third kappa shape index (κ3) is 4.26. The lowest BCUT2D eigenvalue weighted by molar-refractivity contribution is 0.0638. The summed E-state index contributed by atoms with van der Waals surface area (Å²) in [5.74, 6) is -1.18. The third-order valence-electron chi connectivity index (χ3n) is 2.99. The molecule has 0 aliphatic rings. The molecule has 118 valence electrons. The molecule has 0 bridgehead atoms. The van der Waals surface area contributed by atoms with Crippen LogP contribution in [0.5, 0.6) is 0 Å². The fraction of sp³-hybridized carbons (Fsp3) is 0.500. The third-order valence-corrected chi connectivity index (χ3v) is 4.88. The van der Waals surface area contributed by atoms with Crippen LogP contribution in [0.3, 0.4) is 0 Å². The lowest BCUT2D eigenvalue weighted by atomic mass is 10.1. The van der Waals surface area contributed by atoms with Crippen LogP contribution in [-0.2, 0) is 16.4 Å². The Morgan fingerprint density at radius 2 is 1.90 bits per heavy atom. The van der Waals surface area contributed by atoms with E-state index in [4.69, 9.17) is 5.11 Å². The second kappa shape index (κ2) is 6.13. The van der Waals surface area contributed by atoms with Crippen LogP contribution < -0.4 is 0 Å². The van der Waals surface area contributed by atoms with Crippen molar-refractivity contribution >= 4 is 16.0 Å². The molecule has 0 aliphatic heterocycles. The van der Waals surface area contributed by atoms with E-state index >= 15 is 0 Å². The van der Waals surface area contributed by atoms with Crippen molar-refractivity contribution in [3.05, 3.63) is 29.3 Å². The van der Waals surface area contributed by atoms with Crippen molar-refractivity contribution in [1.82, 2.24) is 4.31 Å². The van der Waals surface area contributed by atoms with E-state index in [2.05, 4.69) is 0 Å². The summed E-state index contributed by atoms with van der Waals surface area (Å²) in [7, 11) is -2.50. The van der Waals surface area contributed by atoms with E-state index in [0.29, 0.717) is 12.0 Å². The van der Waals surface area contributed by atoms with E-state index in [1.807, 2.05) is 0 Å². The number of carbonyl (C=O) groups is 1. The number of nitrogens with zero attached hydrogens (tertiary/aromatic N) is 1. The number of aliphatic hydroxyl groups is 1. The second-order valence-electron chi connectivity index (χ2n) is 5.55. The molecule has 1 aromatic carbocycles. The number of aryl methyl sites for hydroxylation is 1. The van der Waals surface area contributed by atoms with Crippen molar-refractivity contribution in [1.29, 1.82) is 0 Å². The number of likely N-dealkylation sites (N-methyl/N-ethyl adjacent to an activating group) is 1. The SMILES string of the molecule is CCc1ccc(C(=O)O)cc1S(=O)(=O)N(C)CC(C)(C)O. The van der Waals surface area contributed by atoms with Gasteiger partial charge in [-0.1, -0.05) is 13.0 Å². The quantitative estimate of drug-likeness (QED) is 0.826. The minimum absolute atomic E-state index is 0.0309. The van der Waals surface area contributed by atoms with Gasteiger partial charge in [0.1, 0.15) is 0 Å². The standard InChI is InChI=1S/C14H21NO5S/c1-5-10-6-7-11(13(16)17)8-12(10)21(19,20)15(4)9-14(2,3)18/h6-8,18H,5,9H2,1-4H3,(H,16,17). The summed E-state index contributed by atoms with van der Waals surface area (Å²) in [6, 6.07) is 4.06. The highest BCUT2D eigenvalue weighted by atomic mass is 32.2. The Bertz CT molecular complexity index is 631. The van der Waals surface area contributed by atoms with E-state index in [1.165, 1.54) is 33.0 Å². The average molecular weight is 315 g/mol. The monoisotopic (exact) mass is 315 g/mol. The highest BCUT2D eigenvalue weighted by Gasteiger charge is 2.28. The lowest BCUT2D eigenvalue weighted by Crippen LogP contribution is -2.40. The van der Waals surface area contributed by atoms with Crippen molar-refractivity contribution in [3.63, 3.8) is 0 Å². The molecule has 0 saturated heterocycles. The van der Waals surface area contributed by atoms with Crippen LogP contribution in [0.25, 0.3) is 0 Å². The molecule has 1 aromatic rings. The Balaban J connectivity index is 3.35. The van der Waals surface area contributed by atoms with Gasteiger partial charge in [-0.15, -0.1) is 0 Å². The Morgan fingerprint density at radius 1 is 1.33 bits per heavy atom. The van der Waals surface area contributed by atoms with Gasteiger partial charge in [-0.05, 0) is 38.0 Å². The smallest absolute Gasteiger partial charge is 0.335 e. The molecule has 6 nitrogen and oxygen atoms in total. The van der Waals surface area contributed by atoms with Crippen LogP contribution in [0.4, 0.5) is 0 Å². The zero-order chi connectivity index (χ0) is 16.4. The molecule has 0 spiro atoms. The summed E-state index contributed by atoms with van der Waals surface area (Å²) in [4.78, 5) is 11.0. The number of sulfonamides is 1.